The number of aliphatic imine (C=N–C) groups is 1. The number of anilines is 1. The molecule has 0 spiro atoms. The zero-order valence-electron chi connectivity index (χ0n) is 8.75. The van der Waals surface area contributed by atoms with Crippen LogP contribution < -0.4 is 5.32 Å². The fourth-order valence-corrected chi connectivity index (χ4v) is 2.57. The van der Waals surface area contributed by atoms with Gasteiger partial charge < -0.3 is 5.32 Å². The van der Waals surface area contributed by atoms with E-state index in [9.17, 15) is 0 Å². The quantitative estimate of drug-likeness (QED) is 0.851. The molecule has 2 rings (SSSR count). The molecular weight excluding hydrogens is 272 g/mol. The molecule has 1 atom stereocenters. The van der Waals surface area contributed by atoms with Gasteiger partial charge in [0, 0.05) is 15.4 Å². The summed E-state index contributed by atoms with van der Waals surface area (Å²) in [4.78, 5) is 4.42. The first-order chi connectivity index (χ1) is 7.15. The third-order valence-electron chi connectivity index (χ3n) is 2.23. The van der Waals surface area contributed by atoms with Crippen LogP contribution >= 0.6 is 27.7 Å². The molecule has 1 aromatic carbocycles. The van der Waals surface area contributed by atoms with Crippen molar-refractivity contribution in [2.45, 2.75) is 19.1 Å². The number of hydrogen-bond acceptors (Lipinski definition) is 3. The van der Waals surface area contributed by atoms with Crippen molar-refractivity contribution in [3.63, 3.8) is 0 Å². The Morgan fingerprint density at radius 2 is 2.33 bits per heavy atom. The summed E-state index contributed by atoms with van der Waals surface area (Å²) in [5.41, 5.74) is 2.34. The number of nitrogens with one attached hydrogen (secondary N) is 1. The average Bonchev–Trinajstić information content (AvgIpc) is 2.58. The van der Waals surface area contributed by atoms with Crippen LogP contribution in [0.3, 0.4) is 0 Å². The number of rotatable bonds is 1. The molecule has 15 heavy (non-hydrogen) atoms. The van der Waals surface area contributed by atoms with Gasteiger partial charge in [-0.2, -0.15) is 0 Å². The first kappa shape index (κ1) is 11.0. The first-order valence-electron chi connectivity index (χ1n) is 4.89. The Kier molecular flexibility index (Phi) is 3.36. The lowest BCUT2D eigenvalue weighted by molar-refractivity contribution is 0.976. The molecule has 0 saturated heterocycles. The molecule has 1 aliphatic heterocycles. The Balaban J connectivity index is 2.08. The molecule has 1 N–H and O–H groups in total. The largest absolute Gasteiger partial charge is 0.335 e. The second kappa shape index (κ2) is 4.58. The van der Waals surface area contributed by atoms with Crippen LogP contribution in [0, 0.1) is 6.92 Å². The number of nitrogens with zero attached hydrogens (tertiary/aromatic N) is 1. The highest BCUT2D eigenvalue weighted by Crippen LogP contribution is 2.25. The molecule has 2 nitrogen and oxygen atoms in total. The molecule has 0 radical (unpaired) electrons. The summed E-state index contributed by atoms with van der Waals surface area (Å²) in [6.07, 6.45) is 0. The molecule has 0 saturated carbocycles. The van der Waals surface area contributed by atoms with Crippen molar-refractivity contribution in [1.82, 2.24) is 0 Å². The minimum Gasteiger partial charge on any atom is -0.335 e. The van der Waals surface area contributed by atoms with E-state index in [2.05, 4.69) is 58.3 Å². The van der Waals surface area contributed by atoms with Crippen molar-refractivity contribution in [3.8, 4) is 0 Å². The van der Waals surface area contributed by atoms with Crippen LogP contribution in [0.15, 0.2) is 27.7 Å². The lowest BCUT2D eigenvalue weighted by Gasteiger charge is -2.07. The maximum atomic E-state index is 4.42. The summed E-state index contributed by atoms with van der Waals surface area (Å²) < 4.78 is 1.13. The van der Waals surface area contributed by atoms with Crippen molar-refractivity contribution < 1.29 is 0 Å². The van der Waals surface area contributed by atoms with Crippen LogP contribution in [-0.4, -0.2) is 17.0 Å². The predicted octanol–water partition coefficient (Wildman–Crippen LogP) is 3.66. The molecule has 0 aliphatic carbocycles. The van der Waals surface area contributed by atoms with Gasteiger partial charge in [-0.05, 0) is 24.6 Å². The van der Waals surface area contributed by atoms with E-state index < -0.39 is 0 Å². The summed E-state index contributed by atoms with van der Waals surface area (Å²) in [5.74, 6) is 0. The van der Waals surface area contributed by atoms with Crippen molar-refractivity contribution in [2.24, 2.45) is 4.99 Å². The number of amidine groups is 1. The Bertz CT molecular complexity index is 404. The molecule has 80 valence electrons. The van der Waals surface area contributed by atoms with Crippen LogP contribution in [0.25, 0.3) is 0 Å². The summed E-state index contributed by atoms with van der Waals surface area (Å²) in [7, 11) is 0. The van der Waals surface area contributed by atoms with Crippen molar-refractivity contribution in [3.05, 3.63) is 28.2 Å². The molecular formula is C11H13BrN2S. The van der Waals surface area contributed by atoms with E-state index in [0.29, 0.717) is 5.25 Å². The maximum absolute atomic E-state index is 4.42. The van der Waals surface area contributed by atoms with Crippen molar-refractivity contribution in [1.29, 1.82) is 0 Å². The highest BCUT2D eigenvalue weighted by molar-refractivity contribution is 9.10. The van der Waals surface area contributed by atoms with Gasteiger partial charge in [0.05, 0.1) is 6.54 Å². The number of thioether (sulfide) groups is 1. The van der Waals surface area contributed by atoms with E-state index in [4.69, 9.17) is 0 Å². The van der Waals surface area contributed by atoms with Gasteiger partial charge in [-0.15, -0.1) is 0 Å². The summed E-state index contributed by atoms with van der Waals surface area (Å²) >= 11 is 5.31. The number of aryl methyl sites for hydroxylation is 1. The Morgan fingerprint density at radius 1 is 1.53 bits per heavy atom. The number of halogens is 1. The Labute approximate surface area is 103 Å². The van der Waals surface area contributed by atoms with Gasteiger partial charge in [-0.25, -0.2) is 0 Å². The fourth-order valence-electron chi connectivity index (χ4n) is 1.34. The molecule has 4 heteroatoms. The minimum absolute atomic E-state index is 0.599. The third kappa shape index (κ3) is 2.75. The first-order valence-corrected chi connectivity index (χ1v) is 6.56. The minimum atomic E-state index is 0.599. The second-order valence-corrected chi connectivity index (χ2v) is 5.94. The zero-order valence-corrected chi connectivity index (χ0v) is 11.2. The lowest BCUT2D eigenvalue weighted by Crippen LogP contribution is -2.05. The molecule has 0 fully saturated rings. The van der Waals surface area contributed by atoms with Gasteiger partial charge >= 0.3 is 0 Å². The summed E-state index contributed by atoms with van der Waals surface area (Å²) in [6.45, 7) is 5.19. The predicted molar refractivity (Wildman–Crippen MR) is 71.9 cm³/mol. The van der Waals surface area contributed by atoms with Gasteiger partial charge in [-0.3, -0.25) is 4.99 Å². The molecule has 0 aromatic heterocycles. The Hall–Kier alpha value is -0.480. The Morgan fingerprint density at radius 3 is 2.93 bits per heavy atom. The lowest BCUT2D eigenvalue weighted by atomic mass is 10.2. The average molecular weight is 285 g/mol. The maximum Gasteiger partial charge on any atom is 0.161 e. The number of hydrogen-bond donors (Lipinski definition) is 1. The smallest absolute Gasteiger partial charge is 0.161 e. The van der Waals surface area contributed by atoms with Gasteiger partial charge in [0.2, 0.25) is 0 Å². The van der Waals surface area contributed by atoms with Crippen LogP contribution in [0.2, 0.25) is 0 Å². The van der Waals surface area contributed by atoms with E-state index in [-0.39, 0.29) is 0 Å². The molecule has 1 unspecified atom stereocenters. The topological polar surface area (TPSA) is 24.4 Å². The highest BCUT2D eigenvalue weighted by atomic mass is 79.9. The molecule has 1 aromatic rings. The monoisotopic (exact) mass is 284 g/mol. The molecule has 0 amide bonds. The van der Waals surface area contributed by atoms with Gasteiger partial charge in [-0.1, -0.05) is 40.7 Å². The van der Waals surface area contributed by atoms with E-state index in [0.717, 1.165) is 21.9 Å². The third-order valence-corrected chi connectivity index (χ3v) is 4.09. The zero-order chi connectivity index (χ0) is 10.8. The van der Waals surface area contributed by atoms with Crippen LogP contribution in [-0.2, 0) is 0 Å². The molecule has 1 aliphatic rings. The van der Waals surface area contributed by atoms with Crippen molar-refractivity contribution in [2.75, 3.05) is 11.9 Å². The van der Waals surface area contributed by atoms with E-state index >= 15 is 0 Å². The van der Waals surface area contributed by atoms with E-state index in [1.165, 1.54) is 5.56 Å². The van der Waals surface area contributed by atoms with Crippen LogP contribution in [0.1, 0.15) is 12.5 Å². The summed E-state index contributed by atoms with van der Waals surface area (Å²) in [5, 5.41) is 4.95. The molecule has 0 bridgehead atoms. The van der Waals surface area contributed by atoms with E-state index in [1.54, 1.807) is 11.8 Å². The van der Waals surface area contributed by atoms with E-state index in [1.807, 2.05) is 0 Å². The fraction of sp³-hybridized carbons (Fsp3) is 0.364. The SMILES string of the molecule is Cc1ccc(NC2=NCC(C)S2)cc1Br. The highest BCUT2D eigenvalue weighted by Gasteiger charge is 2.14. The van der Waals surface area contributed by atoms with Gasteiger partial charge in [0.1, 0.15) is 0 Å². The van der Waals surface area contributed by atoms with Gasteiger partial charge in [0.15, 0.2) is 5.17 Å². The number of benzene rings is 1. The second-order valence-electron chi connectivity index (χ2n) is 3.66. The molecule has 1 heterocycles. The van der Waals surface area contributed by atoms with Crippen LogP contribution in [0.5, 0.6) is 0 Å². The van der Waals surface area contributed by atoms with Crippen molar-refractivity contribution >= 4 is 38.5 Å². The summed E-state index contributed by atoms with van der Waals surface area (Å²) in [6, 6.07) is 6.25. The van der Waals surface area contributed by atoms with Gasteiger partial charge in [0.25, 0.3) is 0 Å². The normalized spacial score (nSPS) is 20.2. The standard InChI is InChI=1S/C11H13BrN2S/c1-7-3-4-9(5-10(7)12)14-11-13-6-8(2)15-11/h3-5,8H,6H2,1-2H3,(H,13,14). The van der Waals surface area contributed by atoms with Crippen LogP contribution in [0.4, 0.5) is 5.69 Å².